The Labute approximate surface area is 118 Å². The molecule has 1 heterocycles. The van der Waals surface area contributed by atoms with E-state index in [0.29, 0.717) is 32.0 Å². The number of rotatable bonds is 3. The van der Waals surface area contributed by atoms with Crippen LogP contribution in [0.2, 0.25) is 15.1 Å². The van der Waals surface area contributed by atoms with Crippen LogP contribution in [0.1, 0.15) is 30.9 Å². The average Bonchev–Trinajstić information content (AvgIpc) is 2.70. The number of benzene rings is 1. The molecule has 1 aromatic carbocycles. The Kier molecular flexibility index (Phi) is 4.16. The number of hydrogen-bond acceptors (Lipinski definition) is 3. The second-order valence-electron chi connectivity index (χ2n) is 3.69. The van der Waals surface area contributed by atoms with Crippen molar-refractivity contribution in [2.45, 2.75) is 25.9 Å². The zero-order valence-electron chi connectivity index (χ0n) is 9.01. The molecule has 17 heavy (non-hydrogen) atoms. The summed E-state index contributed by atoms with van der Waals surface area (Å²) in [6.45, 7) is 2.01. The summed E-state index contributed by atoms with van der Waals surface area (Å²) in [6, 6.07) is 1.67. The van der Waals surface area contributed by atoms with Crippen LogP contribution in [0.15, 0.2) is 6.07 Å². The van der Waals surface area contributed by atoms with E-state index in [1.165, 1.54) is 11.3 Å². The van der Waals surface area contributed by atoms with Crippen LogP contribution in [0, 0.1) is 0 Å². The molecule has 1 N–H and O–H groups in total. The maximum absolute atomic E-state index is 9.89. The van der Waals surface area contributed by atoms with Crippen LogP contribution >= 0.6 is 46.1 Å². The van der Waals surface area contributed by atoms with Gasteiger partial charge in [0, 0.05) is 0 Å². The smallest absolute Gasteiger partial charge is 0.123 e. The molecule has 2 rings (SSSR count). The molecule has 0 spiro atoms. The van der Waals surface area contributed by atoms with Crippen molar-refractivity contribution in [3.63, 3.8) is 0 Å². The summed E-state index contributed by atoms with van der Waals surface area (Å²) >= 11 is 19.3. The highest BCUT2D eigenvalue weighted by Gasteiger charge is 2.17. The van der Waals surface area contributed by atoms with Crippen LogP contribution in [-0.2, 0) is 0 Å². The Hall–Kier alpha value is -0.0600. The van der Waals surface area contributed by atoms with Gasteiger partial charge in [-0.3, -0.25) is 0 Å². The lowest BCUT2D eigenvalue weighted by molar-refractivity contribution is 0.166. The Balaban J connectivity index is 2.54. The first-order valence-electron chi connectivity index (χ1n) is 5.16. The second-order valence-corrected chi connectivity index (χ2v) is 5.88. The topological polar surface area (TPSA) is 33.1 Å². The molecule has 0 bridgehead atoms. The number of fused-ring (bicyclic) bond motifs is 1. The molecule has 0 aliphatic heterocycles. The summed E-state index contributed by atoms with van der Waals surface area (Å²) in [6.07, 6.45) is 1.02. The Morgan fingerprint density at radius 3 is 2.71 bits per heavy atom. The van der Waals surface area contributed by atoms with Crippen molar-refractivity contribution < 1.29 is 5.11 Å². The van der Waals surface area contributed by atoms with Crippen molar-refractivity contribution in [3.8, 4) is 0 Å². The van der Waals surface area contributed by atoms with E-state index >= 15 is 0 Å². The predicted octanol–water partition coefficient (Wildman–Crippen LogP) is 5.09. The fourth-order valence-electron chi connectivity index (χ4n) is 1.53. The fraction of sp³-hybridized carbons (Fsp3) is 0.364. The second kappa shape index (κ2) is 5.29. The van der Waals surface area contributed by atoms with Crippen molar-refractivity contribution in [2.75, 3.05) is 0 Å². The summed E-state index contributed by atoms with van der Waals surface area (Å²) in [4.78, 5) is 4.34. The minimum atomic E-state index is -0.550. The van der Waals surface area contributed by atoms with Gasteiger partial charge in [-0.05, 0) is 12.5 Å². The summed E-state index contributed by atoms with van der Waals surface area (Å²) in [5.74, 6) is 0. The number of nitrogens with zero attached hydrogens (tertiary/aromatic N) is 1. The number of hydrogen-bond donors (Lipinski definition) is 1. The van der Waals surface area contributed by atoms with Gasteiger partial charge >= 0.3 is 0 Å². The van der Waals surface area contributed by atoms with Crippen molar-refractivity contribution in [1.29, 1.82) is 0 Å². The maximum atomic E-state index is 9.89. The number of aliphatic hydroxyl groups excluding tert-OH is 1. The quantitative estimate of drug-likeness (QED) is 0.801. The molecule has 0 aliphatic carbocycles. The van der Waals surface area contributed by atoms with E-state index in [1.807, 2.05) is 6.92 Å². The predicted molar refractivity (Wildman–Crippen MR) is 74.5 cm³/mol. The van der Waals surface area contributed by atoms with E-state index in [2.05, 4.69) is 4.98 Å². The first-order valence-corrected chi connectivity index (χ1v) is 7.11. The number of thiazole rings is 1. The van der Waals surface area contributed by atoms with Gasteiger partial charge in [-0.1, -0.05) is 48.1 Å². The van der Waals surface area contributed by atoms with Gasteiger partial charge in [0.25, 0.3) is 0 Å². The number of aliphatic hydroxyl groups is 1. The Morgan fingerprint density at radius 1 is 1.35 bits per heavy atom. The summed E-state index contributed by atoms with van der Waals surface area (Å²) in [7, 11) is 0. The van der Waals surface area contributed by atoms with Gasteiger partial charge in [0.2, 0.25) is 0 Å². The minimum absolute atomic E-state index is 0.334. The van der Waals surface area contributed by atoms with E-state index in [-0.39, 0.29) is 0 Å². The zero-order chi connectivity index (χ0) is 12.6. The lowest BCUT2D eigenvalue weighted by atomic mass is 10.2. The standard InChI is InChI=1S/C11H10Cl3NOS/c1-2-3-7(16)11-15-6-4-5(12)8(13)9(14)10(6)17-11/h4,7,16H,2-3H2,1H3. The van der Waals surface area contributed by atoms with Gasteiger partial charge in [0.05, 0.1) is 25.3 Å². The van der Waals surface area contributed by atoms with E-state index < -0.39 is 6.10 Å². The fourth-order valence-corrected chi connectivity index (χ4v) is 3.31. The van der Waals surface area contributed by atoms with Crippen LogP contribution < -0.4 is 0 Å². The largest absolute Gasteiger partial charge is 0.386 e. The molecule has 1 unspecified atom stereocenters. The molecule has 0 amide bonds. The maximum Gasteiger partial charge on any atom is 0.123 e. The molecule has 0 saturated heterocycles. The van der Waals surface area contributed by atoms with Gasteiger partial charge < -0.3 is 5.11 Å². The molecule has 0 aliphatic rings. The highest BCUT2D eigenvalue weighted by atomic mass is 35.5. The van der Waals surface area contributed by atoms with Crippen molar-refractivity contribution in [2.24, 2.45) is 0 Å². The van der Waals surface area contributed by atoms with Crippen LogP contribution in [0.25, 0.3) is 10.2 Å². The summed E-state index contributed by atoms with van der Waals surface area (Å²) in [5.41, 5.74) is 0.680. The molecule has 92 valence electrons. The first-order chi connectivity index (χ1) is 8.04. The number of halogens is 3. The van der Waals surface area contributed by atoms with Crippen molar-refractivity contribution in [3.05, 3.63) is 26.1 Å². The Morgan fingerprint density at radius 2 is 2.06 bits per heavy atom. The highest BCUT2D eigenvalue weighted by Crippen LogP contribution is 2.40. The molecule has 0 saturated carbocycles. The Bertz CT molecular complexity index is 555. The SMILES string of the molecule is CCCC(O)c1nc2cc(Cl)c(Cl)c(Cl)c2s1. The molecular formula is C11H10Cl3NOS. The third-order valence-corrected chi connectivity index (χ3v) is 4.95. The van der Waals surface area contributed by atoms with E-state index in [4.69, 9.17) is 34.8 Å². The van der Waals surface area contributed by atoms with Gasteiger partial charge in [0.15, 0.2) is 0 Å². The summed E-state index contributed by atoms with van der Waals surface area (Å²) < 4.78 is 0.770. The van der Waals surface area contributed by atoms with Crippen LogP contribution in [0.5, 0.6) is 0 Å². The third-order valence-electron chi connectivity index (χ3n) is 2.38. The highest BCUT2D eigenvalue weighted by molar-refractivity contribution is 7.19. The average molecular weight is 311 g/mol. The minimum Gasteiger partial charge on any atom is -0.386 e. The molecule has 0 fully saturated rings. The van der Waals surface area contributed by atoms with Crippen molar-refractivity contribution >= 4 is 56.4 Å². The van der Waals surface area contributed by atoms with Crippen molar-refractivity contribution in [1.82, 2.24) is 4.98 Å². The monoisotopic (exact) mass is 309 g/mol. The molecule has 2 nitrogen and oxygen atoms in total. The van der Waals surface area contributed by atoms with Crippen LogP contribution in [-0.4, -0.2) is 10.1 Å². The van der Waals surface area contributed by atoms with E-state index in [0.717, 1.165) is 11.1 Å². The van der Waals surface area contributed by atoms with Gasteiger partial charge in [-0.25, -0.2) is 4.98 Å². The molecule has 2 aromatic rings. The first kappa shape index (κ1) is 13.4. The lowest BCUT2D eigenvalue weighted by Crippen LogP contribution is -1.94. The number of aromatic nitrogens is 1. The molecule has 6 heteroatoms. The molecule has 1 atom stereocenters. The van der Waals surface area contributed by atoms with Gasteiger partial charge in [0.1, 0.15) is 11.1 Å². The molecule has 1 aromatic heterocycles. The zero-order valence-corrected chi connectivity index (χ0v) is 12.1. The van der Waals surface area contributed by atoms with Gasteiger partial charge in [-0.15, -0.1) is 11.3 Å². The lowest BCUT2D eigenvalue weighted by Gasteiger charge is -2.03. The molecular weight excluding hydrogens is 301 g/mol. The van der Waals surface area contributed by atoms with E-state index in [9.17, 15) is 5.11 Å². The van der Waals surface area contributed by atoms with Crippen LogP contribution in [0.3, 0.4) is 0 Å². The normalized spacial score (nSPS) is 13.2. The van der Waals surface area contributed by atoms with E-state index in [1.54, 1.807) is 6.07 Å². The van der Waals surface area contributed by atoms with Crippen LogP contribution in [0.4, 0.5) is 0 Å². The third kappa shape index (κ3) is 2.54. The van der Waals surface area contributed by atoms with Gasteiger partial charge in [-0.2, -0.15) is 0 Å². The summed E-state index contributed by atoms with van der Waals surface area (Å²) in [5, 5.41) is 11.7. The molecule has 0 radical (unpaired) electrons.